The van der Waals surface area contributed by atoms with Crippen LogP contribution in [0.5, 0.6) is 0 Å². The number of thiazole rings is 1. The van der Waals surface area contributed by atoms with Gasteiger partial charge in [0.2, 0.25) is 0 Å². The Morgan fingerprint density at radius 3 is 2.77 bits per heavy atom. The fourth-order valence-electron chi connectivity index (χ4n) is 4.31. The van der Waals surface area contributed by atoms with Gasteiger partial charge in [0.1, 0.15) is 10.6 Å². The second kappa shape index (κ2) is 6.94. The number of hydrogen-bond acceptors (Lipinski definition) is 5. The normalized spacial score (nSPS) is 18.0. The number of aromatic nitrogens is 3. The van der Waals surface area contributed by atoms with Gasteiger partial charge in [0, 0.05) is 42.3 Å². The van der Waals surface area contributed by atoms with Crippen LogP contribution in [0.15, 0.2) is 36.1 Å². The van der Waals surface area contributed by atoms with E-state index in [1.54, 1.807) is 21.8 Å². The van der Waals surface area contributed by atoms with Crippen LogP contribution in [-0.2, 0) is 6.18 Å². The predicted octanol–water partition coefficient (Wildman–Crippen LogP) is 3.24. The van der Waals surface area contributed by atoms with E-state index in [-0.39, 0.29) is 23.2 Å². The molecule has 1 spiro atoms. The summed E-state index contributed by atoms with van der Waals surface area (Å²) in [6.07, 6.45) is 1.30. The van der Waals surface area contributed by atoms with E-state index < -0.39 is 17.8 Å². The van der Waals surface area contributed by atoms with Crippen molar-refractivity contribution in [1.29, 1.82) is 0 Å². The molecule has 2 N–H and O–H groups in total. The first-order valence-electron chi connectivity index (χ1n) is 9.53. The molecule has 162 valence electrons. The van der Waals surface area contributed by atoms with Crippen LogP contribution in [0.1, 0.15) is 28.8 Å². The lowest BCUT2D eigenvalue weighted by atomic mass is 9.60. The number of likely N-dealkylation sites (tertiary alicyclic amines) is 1. The van der Waals surface area contributed by atoms with Gasteiger partial charge in [-0.15, -0.1) is 11.3 Å². The Morgan fingerprint density at radius 2 is 2.03 bits per heavy atom. The number of rotatable bonds is 3. The standard InChI is InChI=1S/C19H17F3N6O2S/c20-19(21,22)11-1-2-23-14(5-11)26-17(30)25-12-6-18(7-12)9-27(10-18)15(29)13-8-24-28-3-4-31-16(13)28/h1-5,8,12H,6-7,9-10H2,(H2,23,25,26,30). The van der Waals surface area contributed by atoms with Crippen molar-refractivity contribution in [3.8, 4) is 0 Å². The SMILES string of the molecule is O=C(Nc1cc(C(F)(F)F)ccn1)NC1CC2(C1)CN(C(=O)c1cnn3ccsc13)C2. The van der Waals surface area contributed by atoms with Crippen LogP contribution < -0.4 is 10.6 Å². The lowest BCUT2D eigenvalue weighted by Crippen LogP contribution is -2.67. The Bertz CT molecular complexity index is 1160. The van der Waals surface area contributed by atoms with Crippen LogP contribution in [0.2, 0.25) is 0 Å². The number of pyridine rings is 1. The molecule has 1 saturated carbocycles. The zero-order chi connectivity index (χ0) is 21.8. The Morgan fingerprint density at radius 1 is 1.26 bits per heavy atom. The number of fused-ring (bicyclic) bond motifs is 1. The number of hydrogen-bond donors (Lipinski definition) is 2. The van der Waals surface area contributed by atoms with Crippen molar-refractivity contribution in [3.05, 3.63) is 47.2 Å². The third-order valence-electron chi connectivity index (χ3n) is 5.72. The van der Waals surface area contributed by atoms with Crippen molar-refractivity contribution in [3.63, 3.8) is 0 Å². The van der Waals surface area contributed by atoms with Crippen LogP contribution in [-0.4, -0.2) is 50.6 Å². The molecule has 1 aliphatic carbocycles. The van der Waals surface area contributed by atoms with Crippen molar-refractivity contribution in [2.75, 3.05) is 18.4 Å². The summed E-state index contributed by atoms with van der Waals surface area (Å²) in [5, 5.41) is 11.1. The Balaban J connectivity index is 1.11. The summed E-state index contributed by atoms with van der Waals surface area (Å²) in [4.78, 5) is 31.2. The maximum Gasteiger partial charge on any atom is 0.416 e. The second-order valence-corrected chi connectivity index (χ2v) is 8.90. The van der Waals surface area contributed by atoms with Crippen molar-refractivity contribution >= 4 is 33.9 Å². The van der Waals surface area contributed by atoms with E-state index >= 15 is 0 Å². The second-order valence-electron chi connectivity index (χ2n) is 8.00. The lowest BCUT2D eigenvalue weighted by Gasteiger charge is -2.58. The van der Waals surface area contributed by atoms with Crippen LogP contribution >= 0.6 is 11.3 Å². The van der Waals surface area contributed by atoms with Gasteiger partial charge in [0.05, 0.1) is 17.3 Å². The molecule has 3 aromatic heterocycles. The van der Waals surface area contributed by atoms with Gasteiger partial charge in [-0.2, -0.15) is 18.3 Å². The van der Waals surface area contributed by atoms with Gasteiger partial charge >= 0.3 is 12.2 Å². The van der Waals surface area contributed by atoms with Gasteiger partial charge in [0.15, 0.2) is 0 Å². The molecule has 0 unspecified atom stereocenters. The topological polar surface area (TPSA) is 91.6 Å². The maximum atomic E-state index is 12.8. The molecule has 4 heterocycles. The van der Waals surface area contributed by atoms with Gasteiger partial charge in [-0.05, 0) is 25.0 Å². The highest BCUT2D eigenvalue weighted by Gasteiger charge is 2.54. The quantitative estimate of drug-likeness (QED) is 0.641. The number of alkyl halides is 3. The number of urea groups is 1. The maximum absolute atomic E-state index is 12.8. The van der Waals surface area contributed by atoms with E-state index in [1.165, 1.54) is 11.3 Å². The molecule has 2 aliphatic rings. The summed E-state index contributed by atoms with van der Waals surface area (Å²) in [7, 11) is 0. The number of anilines is 1. The van der Waals surface area contributed by atoms with Crippen LogP contribution in [0, 0.1) is 5.41 Å². The molecule has 0 bridgehead atoms. The Hall–Kier alpha value is -3.15. The molecule has 8 nitrogen and oxygen atoms in total. The van der Waals surface area contributed by atoms with E-state index in [2.05, 4.69) is 20.7 Å². The van der Waals surface area contributed by atoms with E-state index in [9.17, 15) is 22.8 Å². The summed E-state index contributed by atoms with van der Waals surface area (Å²) in [6.45, 7) is 1.23. The van der Waals surface area contributed by atoms with Gasteiger partial charge in [0.25, 0.3) is 5.91 Å². The van der Waals surface area contributed by atoms with Crippen LogP contribution in [0.25, 0.3) is 4.83 Å². The van der Waals surface area contributed by atoms with Gasteiger partial charge < -0.3 is 10.2 Å². The van der Waals surface area contributed by atoms with Crippen LogP contribution in [0.3, 0.4) is 0 Å². The summed E-state index contributed by atoms with van der Waals surface area (Å²) >= 11 is 1.46. The van der Waals surface area contributed by atoms with Gasteiger partial charge in [-0.25, -0.2) is 14.3 Å². The molecule has 0 radical (unpaired) electrons. The number of amides is 3. The summed E-state index contributed by atoms with van der Waals surface area (Å²) in [5.74, 6) is -0.212. The summed E-state index contributed by atoms with van der Waals surface area (Å²) in [6, 6.07) is 0.941. The van der Waals surface area contributed by atoms with Crippen molar-refractivity contribution in [2.24, 2.45) is 5.41 Å². The van der Waals surface area contributed by atoms with E-state index in [1.807, 2.05) is 5.38 Å². The molecule has 3 aromatic rings. The smallest absolute Gasteiger partial charge is 0.337 e. The zero-order valence-corrected chi connectivity index (χ0v) is 16.8. The highest BCUT2D eigenvalue weighted by atomic mass is 32.1. The van der Waals surface area contributed by atoms with E-state index in [0.717, 1.165) is 23.2 Å². The molecular formula is C19H17F3N6O2S. The third kappa shape index (κ3) is 3.60. The van der Waals surface area contributed by atoms with Crippen molar-refractivity contribution < 1.29 is 22.8 Å². The number of halogens is 3. The number of nitrogens with one attached hydrogen (secondary N) is 2. The average Bonchev–Trinajstić information content (AvgIpc) is 3.25. The highest BCUT2D eigenvalue weighted by Crippen LogP contribution is 2.48. The van der Waals surface area contributed by atoms with Crippen LogP contribution in [0.4, 0.5) is 23.8 Å². The predicted molar refractivity (Wildman–Crippen MR) is 106 cm³/mol. The fourth-order valence-corrected chi connectivity index (χ4v) is 5.10. The molecular weight excluding hydrogens is 433 g/mol. The molecule has 1 aliphatic heterocycles. The Kier molecular flexibility index (Phi) is 4.43. The molecule has 31 heavy (non-hydrogen) atoms. The Labute approximate surface area is 178 Å². The summed E-state index contributed by atoms with van der Waals surface area (Å²) in [5.41, 5.74) is -0.297. The minimum absolute atomic E-state index is 0.0101. The van der Waals surface area contributed by atoms with Crippen molar-refractivity contribution in [2.45, 2.75) is 25.1 Å². The summed E-state index contributed by atoms with van der Waals surface area (Å²) < 4.78 is 40.0. The highest BCUT2D eigenvalue weighted by molar-refractivity contribution is 7.15. The minimum Gasteiger partial charge on any atom is -0.337 e. The first-order chi connectivity index (χ1) is 14.7. The zero-order valence-electron chi connectivity index (χ0n) is 16.0. The lowest BCUT2D eigenvalue weighted by molar-refractivity contribution is -0.137. The fraction of sp³-hybridized carbons (Fsp3) is 0.368. The van der Waals surface area contributed by atoms with Gasteiger partial charge in [-0.1, -0.05) is 0 Å². The number of carbonyl (C=O) groups excluding carboxylic acids is 2. The number of carbonyl (C=O) groups is 2. The molecule has 3 amide bonds. The first-order valence-corrected chi connectivity index (χ1v) is 10.4. The average molecular weight is 450 g/mol. The molecule has 5 rings (SSSR count). The monoisotopic (exact) mass is 450 g/mol. The van der Waals surface area contributed by atoms with E-state index in [4.69, 9.17) is 0 Å². The molecule has 0 aromatic carbocycles. The van der Waals surface area contributed by atoms with Crippen molar-refractivity contribution in [1.82, 2.24) is 24.8 Å². The van der Waals surface area contributed by atoms with Gasteiger partial charge in [-0.3, -0.25) is 10.1 Å². The third-order valence-corrected chi connectivity index (χ3v) is 6.61. The first kappa shape index (κ1) is 19.8. The largest absolute Gasteiger partial charge is 0.416 e. The molecule has 2 fully saturated rings. The molecule has 0 atom stereocenters. The minimum atomic E-state index is -4.50. The molecule has 1 saturated heterocycles. The molecule has 12 heteroatoms. The van der Waals surface area contributed by atoms with E-state index in [0.29, 0.717) is 31.5 Å². The number of nitrogens with zero attached hydrogens (tertiary/aromatic N) is 4.